The molecular formula is C66H56N2O3. The summed E-state index contributed by atoms with van der Waals surface area (Å²) < 4.78 is 21.6. The van der Waals surface area contributed by atoms with Gasteiger partial charge in [-0.3, -0.25) is 0 Å². The lowest BCUT2D eigenvalue weighted by molar-refractivity contribution is 0.225. The molecule has 0 amide bonds. The van der Waals surface area contributed by atoms with Crippen LogP contribution in [0.4, 0.5) is 28.4 Å². The van der Waals surface area contributed by atoms with Crippen LogP contribution in [0, 0.1) is 13.8 Å². The molecule has 0 N–H and O–H groups in total. The lowest BCUT2D eigenvalue weighted by Gasteiger charge is -2.34. The zero-order valence-electron chi connectivity index (χ0n) is 41.6. The first kappa shape index (κ1) is 43.0. The second-order valence-corrected chi connectivity index (χ2v) is 21.8. The number of rotatable bonds is 6. The van der Waals surface area contributed by atoms with E-state index in [0.29, 0.717) is 0 Å². The van der Waals surface area contributed by atoms with Crippen LogP contribution in [0.5, 0.6) is 5.75 Å². The van der Waals surface area contributed by atoms with Crippen molar-refractivity contribution >= 4 is 88.8 Å². The SMILES string of the molecule is Cc1ccc(N(C2=CC3c4cc(N(c5ccc(C)cc5)c5cccc6c5oc5c(C(C)(C)C)cccc56)c5ccccc5c4OC3c3ccccc32)c2cccc3c2oc2c(C(C)(C)C)cccc23)cc1. The van der Waals surface area contributed by atoms with Crippen molar-refractivity contribution in [3.8, 4) is 5.75 Å². The summed E-state index contributed by atoms with van der Waals surface area (Å²) in [6.07, 6.45) is 2.21. The summed E-state index contributed by atoms with van der Waals surface area (Å²) in [5.74, 6) is 0.785. The van der Waals surface area contributed by atoms with Crippen molar-refractivity contribution in [2.45, 2.75) is 78.2 Å². The number of ether oxygens (including phenoxy) is 1. The van der Waals surface area contributed by atoms with Gasteiger partial charge in [-0.1, -0.05) is 186 Å². The van der Waals surface area contributed by atoms with Gasteiger partial charge in [0.25, 0.3) is 0 Å². The van der Waals surface area contributed by atoms with Crippen molar-refractivity contribution < 1.29 is 13.6 Å². The molecule has 0 saturated carbocycles. The van der Waals surface area contributed by atoms with Gasteiger partial charge in [0.1, 0.15) is 23.0 Å². The quantitative estimate of drug-likeness (QED) is 0.166. The molecule has 11 aromatic rings. The van der Waals surface area contributed by atoms with E-state index in [4.69, 9.17) is 13.6 Å². The van der Waals surface area contributed by atoms with Crippen molar-refractivity contribution in [3.63, 3.8) is 0 Å². The highest BCUT2D eigenvalue weighted by molar-refractivity contribution is 6.14. The molecular weight excluding hydrogens is 869 g/mol. The van der Waals surface area contributed by atoms with Gasteiger partial charge in [0.15, 0.2) is 11.2 Å². The molecule has 1 aliphatic carbocycles. The fourth-order valence-electron chi connectivity index (χ4n) is 11.5. The lowest BCUT2D eigenvalue weighted by atomic mass is 9.81. The Labute approximate surface area is 415 Å². The second-order valence-electron chi connectivity index (χ2n) is 21.8. The van der Waals surface area contributed by atoms with E-state index in [1.54, 1.807) is 0 Å². The van der Waals surface area contributed by atoms with Crippen LogP contribution in [0.3, 0.4) is 0 Å². The molecule has 9 aromatic carbocycles. The fraction of sp³-hybridized carbons (Fsp3) is 0.182. The molecule has 71 heavy (non-hydrogen) atoms. The molecule has 5 heteroatoms. The smallest absolute Gasteiger partial charge is 0.159 e. The van der Waals surface area contributed by atoms with Gasteiger partial charge >= 0.3 is 0 Å². The molecule has 0 bridgehead atoms. The molecule has 0 fully saturated rings. The molecule has 0 spiro atoms. The van der Waals surface area contributed by atoms with Gasteiger partial charge in [-0.2, -0.15) is 0 Å². The molecule has 13 rings (SSSR count). The van der Waals surface area contributed by atoms with E-state index < -0.39 is 0 Å². The summed E-state index contributed by atoms with van der Waals surface area (Å²) in [7, 11) is 0. The van der Waals surface area contributed by atoms with Crippen LogP contribution < -0.4 is 14.5 Å². The van der Waals surface area contributed by atoms with Crippen LogP contribution in [0.1, 0.15) is 92.5 Å². The van der Waals surface area contributed by atoms with E-state index in [2.05, 4.69) is 247 Å². The van der Waals surface area contributed by atoms with Crippen LogP contribution >= 0.6 is 0 Å². The Bertz CT molecular complexity index is 3970. The largest absolute Gasteiger partial charge is 0.484 e. The van der Waals surface area contributed by atoms with Crippen LogP contribution in [0.2, 0.25) is 0 Å². The average molecular weight is 925 g/mol. The molecule has 2 aromatic heterocycles. The summed E-state index contributed by atoms with van der Waals surface area (Å²) in [5.41, 5.74) is 17.8. The predicted octanol–water partition coefficient (Wildman–Crippen LogP) is 18.7. The Balaban J connectivity index is 1.06. The molecule has 348 valence electrons. The first-order valence-corrected chi connectivity index (χ1v) is 25.0. The van der Waals surface area contributed by atoms with Crippen LogP contribution in [0.25, 0.3) is 60.3 Å². The molecule has 0 radical (unpaired) electrons. The maximum atomic E-state index is 7.36. The first-order valence-electron chi connectivity index (χ1n) is 25.0. The summed E-state index contributed by atoms with van der Waals surface area (Å²) >= 11 is 0. The van der Waals surface area contributed by atoms with Crippen molar-refractivity contribution in [2.75, 3.05) is 9.80 Å². The van der Waals surface area contributed by atoms with Gasteiger partial charge < -0.3 is 23.4 Å². The number of anilines is 5. The van der Waals surface area contributed by atoms with E-state index in [-0.39, 0.29) is 22.9 Å². The predicted molar refractivity (Wildman–Crippen MR) is 296 cm³/mol. The number of furan rings is 2. The number of para-hydroxylation sites is 4. The number of fused-ring (bicyclic) bond motifs is 13. The third kappa shape index (κ3) is 6.73. The third-order valence-electron chi connectivity index (χ3n) is 15.0. The van der Waals surface area contributed by atoms with Gasteiger partial charge in [-0.05, 0) is 73.2 Å². The van der Waals surface area contributed by atoms with Gasteiger partial charge in [-0.15, -0.1) is 0 Å². The molecule has 2 unspecified atom stereocenters. The zero-order chi connectivity index (χ0) is 48.5. The van der Waals surface area contributed by atoms with Crippen molar-refractivity contribution in [2.24, 2.45) is 0 Å². The van der Waals surface area contributed by atoms with Crippen LogP contribution in [-0.4, -0.2) is 0 Å². The minimum absolute atomic E-state index is 0.105. The Morgan fingerprint density at radius 1 is 0.408 bits per heavy atom. The van der Waals surface area contributed by atoms with E-state index >= 15 is 0 Å². The number of benzene rings is 9. The van der Waals surface area contributed by atoms with Crippen molar-refractivity contribution in [1.82, 2.24) is 0 Å². The highest BCUT2D eigenvalue weighted by atomic mass is 16.5. The third-order valence-corrected chi connectivity index (χ3v) is 15.0. The monoisotopic (exact) mass is 924 g/mol. The standard InChI is InChI=1S/C66H56N2O3/c1-39-29-33-41(34-30-39)67(55-27-15-23-49-47-21-13-25-53(65(3,4)5)61(47)70-63(49)55)57-37-51-52-38-58(44-18-10-12-20-46(44)60(52)69-59(51)45-19-11-9-17-43(45)57)68(42-35-31-40(2)32-36-42)56-28-16-24-50-48-22-14-26-54(66(6,7)8)62(48)71-64(50)56/h9-38,51,59H,1-8H3. The summed E-state index contributed by atoms with van der Waals surface area (Å²) in [4.78, 5) is 4.83. The number of hydrogen-bond acceptors (Lipinski definition) is 5. The van der Waals surface area contributed by atoms with Crippen molar-refractivity contribution in [3.05, 3.63) is 221 Å². The van der Waals surface area contributed by atoms with Gasteiger partial charge in [0.05, 0.1) is 22.8 Å². The van der Waals surface area contributed by atoms with E-state index in [0.717, 1.165) is 111 Å². The minimum atomic E-state index is -0.248. The first-order chi connectivity index (χ1) is 34.3. The van der Waals surface area contributed by atoms with E-state index in [9.17, 15) is 0 Å². The number of aryl methyl sites for hydroxylation is 2. The number of nitrogens with zero attached hydrogens (tertiary/aromatic N) is 2. The average Bonchev–Trinajstić information content (AvgIpc) is 4.07. The van der Waals surface area contributed by atoms with E-state index in [1.807, 2.05) is 0 Å². The minimum Gasteiger partial charge on any atom is -0.484 e. The van der Waals surface area contributed by atoms with Crippen LogP contribution in [-0.2, 0) is 10.8 Å². The van der Waals surface area contributed by atoms with Gasteiger partial charge in [0.2, 0.25) is 0 Å². The normalized spacial score (nSPS) is 15.5. The highest BCUT2D eigenvalue weighted by Gasteiger charge is 2.43. The van der Waals surface area contributed by atoms with Crippen LogP contribution in [0.15, 0.2) is 191 Å². The molecule has 3 heterocycles. The Morgan fingerprint density at radius 2 is 0.873 bits per heavy atom. The molecule has 1 aliphatic heterocycles. The second kappa shape index (κ2) is 15.7. The molecule has 2 aliphatic rings. The molecule has 5 nitrogen and oxygen atoms in total. The Hall–Kier alpha value is -8.02. The zero-order valence-corrected chi connectivity index (χ0v) is 41.6. The Morgan fingerprint density at radius 3 is 1.44 bits per heavy atom. The molecule has 0 saturated heterocycles. The number of hydrogen-bond donors (Lipinski definition) is 0. The maximum absolute atomic E-state index is 7.36. The van der Waals surface area contributed by atoms with Crippen molar-refractivity contribution in [1.29, 1.82) is 0 Å². The van der Waals surface area contributed by atoms with Gasteiger partial charge in [0, 0.05) is 77.4 Å². The summed E-state index contributed by atoms with van der Waals surface area (Å²) in [6, 6.07) is 64.0. The van der Waals surface area contributed by atoms with Gasteiger partial charge in [-0.25, -0.2) is 0 Å². The highest BCUT2D eigenvalue weighted by Crippen LogP contribution is 2.58. The Kier molecular flexibility index (Phi) is 9.54. The topological polar surface area (TPSA) is 42.0 Å². The fourth-order valence-corrected chi connectivity index (χ4v) is 11.5. The van der Waals surface area contributed by atoms with E-state index in [1.165, 1.54) is 22.3 Å². The summed E-state index contributed by atoms with van der Waals surface area (Å²) in [6.45, 7) is 17.8. The lowest BCUT2D eigenvalue weighted by Crippen LogP contribution is -2.23. The maximum Gasteiger partial charge on any atom is 0.159 e. The molecule has 2 atom stereocenters. The summed E-state index contributed by atoms with van der Waals surface area (Å²) in [5, 5.41) is 6.61.